The fraction of sp³-hybridized carbons (Fsp3) is 0.474. The van der Waals surface area contributed by atoms with Crippen molar-refractivity contribution >= 4 is 22.6 Å². The van der Waals surface area contributed by atoms with Crippen molar-refractivity contribution in [2.45, 2.75) is 26.9 Å². The van der Waals surface area contributed by atoms with Gasteiger partial charge in [-0.3, -0.25) is 4.98 Å². The molecule has 1 unspecified atom stereocenters. The molecular formula is C19H24N2O3. The summed E-state index contributed by atoms with van der Waals surface area (Å²) in [5, 5.41) is 11.0. The highest BCUT2D eigenvalue weighted by Crippen LogP contribution is 2.29. The van der Waals surface area contributed by atoms with Crippen molar-refractivity contribution in [3.63, 3.8) is 0 Å². The standard InChI is InChI=1S/C19H24N2O3/c1-4-24-19(23)15-7-8-20-17-6-5-14(9-16(15)17)21-10-12(2)18(22)13(3)11-21/h5-9,12-13,18,22H,4,10-11H2,1-3H3/t12-,13+,18?. The van der Waals surface area contributed by atoms with Crippen molar-refractivity contribution in [1.82, 2.24) is 4.98 Å². The van der Waals surface area contributed by atoms with Gasteiger partial charge < -0.3 is 14.7 Å². The first-order chi connectivity index (χ1) is 11.5. The SMILES string of the molecule is CCOC(=O)c1ccnc2ccc(N3C[C@@H](C)C(O)[C@@H](C)C3)cc12. The van der Waals surface area contributed by atoms with Crippen LogP contribution in [0.2, 0.25) is 0 Å². The summed E-state index contributed by atoms with van der Waals surface area (Å²) >= 11 is 0. The van der Waals surface area contributed by atoms with Gasteiger partial charge >= 0.3 is 5.97 Å². The number of ether oxygens (including phenoxy) is 1. The molecule has 0 radical (unpaired) electrons. The van der Waals surface area contributed by atoms with Crippen LogP contribution >= 0.6 is 0 Å². The normalized spacial score (nSPS) is 24.2. The first-order valence-corrected chi connectivity index (χ1v) is 8.50. The van der Waals surface area contributed by atoms with Gasteiger partial charge in [-0.2, -0.15) is 0 Å². The van der Waals surface area contributed by atoms with Gasteiger partial charge in [0.25, 0.3) is 0 Å². The zero-order chi connectivity index (χ0) is 17.3. The Morgan fingerprint density at radius 1 is 1.29 bits per heavy atom. The Hall–Kier alpha value is -2.14. The maximum Gasteiger partial charge on any atom is 0.338 e. The van der Waals surface area contributed by atoms with Crippen LogP contribution in [-0.4, -0.2) is 41.9 Å². The number of fused-ring (bicyclic) bond motifs is 1. The maximum absolute atomic E-state index is 12.2. The summed E-state index contributed by atoms with van der Waals surface area (Å²) < 4.78 is 5.16. The molecule has 24 heavy (non-hydrogen) atoms. The number of aliphatic hydroxyl groups is 1. The molecule has 0 spiro atoms. The zero-order valence-electron chi connectivity index (χ0n) is 14.4. The second-order valence-electron chi connectivity index (χ2n) is 6.63. The molecule has 1 N–H and O–H groups in total. The number of aliphatic hydroxyl groups excluding tert-OH is 1. The number of esters is 1. The van der Waals surface area contributed by atoms with Crippen LogP contribution in [0.1, 0.15) is 31.1 Å². The predicted octanol–water partition coefficient (Wildman–Crippen LogP) is 2.86. The topological polar surface area (TPSA) is 62.7 Å². The van der Waals surface area contributed by atoms with Gasteiger partial charge in [-0.25, -0.2) is 4.79 Å². The van der Waals surface area contributed by atoms with Crippen LogP contribution in [0.4, 0.5) is 5.69 Å². The number of nitrogens with zero attached hydrogens (tertiary/aromatic N) is 2. The summed E-state index contributed by atoms with van der Waals surface area (Å²) in [7, 11) is 0. The number of hydrogen-bond donors (Lipinski definition) is 1. The smallest absolute Gasteiger partial charge is 0.338 e. The Morgan fingerprint density at radius 3 is 2.67 bits per heavy atom. The summed E-state index contributed by atoms with van der Waals surface area (Å²) in [4.78, 5) is 18.8. The minimum Gasteiger partial charge on any atom is -0.462 e. The molecule has 5 nitrogen and oxygen atoms in total. The van der Waals surface area contributed by atoms with Crippen LogP contribution in [0.5, 0.6) is 0 Å². The molecule has 0 bridgehead atoms. The zero-order valence-corrected chi connectivity index (χ0v) is 14.4. The third-order valence-corrected chi connectivity index (χ3v) is 4.77. The molecule has 1 aliphatic rings. The quantitative estimate of drug-likeness (QED) is 0.878. The predicted molar refractivity (Wildman–Crippen MR) is 94.2 cm³/mol. The number of anilines is 1. The average Bonchev–Trinajstić information content (AvgIpc) is 2.58. The largest absolute Gasteiger partial charge is 0.462 e. The van der Waals surface area contributed by atoms with Gasteiger partial charge in [-0.15, -0.1) is 0 Å². The molecule has 1 saturated heterocycles. The van der Waals surface area contributed by atoms with Crippen molar-refractivity contribution in [3.05, 3.63) is 36.0 Å². The summed E-state index contributed by atoms with van der Waals surface area (Å²) in [5.74, 6) is 0.101. The Labute approximate surface area is 142 Å². The van der Waals surface area contributed by atoms with E-state index in [-0.39, 0.29) is 23.9 Å². The van der Waals surface area contributed by atoms with Crippen molar-refractivity contribution in [3.8, 4) is 0 Å². The number of aromatic nitrogens is 1. The van der Waals surface area contributed by atoms with Crippen LogP contribution in [0.25, 0.3) is 10.9 Å². The Morgan fingerprint density at radius 2 is 2.00 bits per heavy atom. The van der Waals surface area contributed by atoms with Crippen molar-refractivity contribution in [1.29, 1.82) is 0 Å². The lowest BCUT2D eigenvalue weighted by molar-refractivity contribution is 0.0527. The van der Waals surface area contributed by atoms with E-state index in [0.717, 1.165) is 29.7 Å². The number of rotatable bonds is 3. The van der Waals surface area contributed by atoms with Crippen molar-refractivity contribution in [2.24, 2.45) is 11.8 Å². The van der Waals surface area contributed by atoms with E-state index in [9.17, 15) is 9.90 Å². The minimum absolute atomic E-state index is 0.211. The molecule has 5 heteroatoms. The van der Waals surface area contributed by atoms with Gasteiger partial charge in [0.05, 0.1) is 23.8 Å². The van der Waals surface area contributed by atoms with Gasteiger partial charge in [0.1, 0.15) is 0 Å². The van der Waals surface area contributed by atoms with Crippen LogP contribution in [0.3, 0.4) is 0 Å². The van der Waals surface area contributed by atoms with Gasteiger partial charge in [0, 0.05) is 30.4 Å². The lowest BCUT2D eigenvalue weighted by Crippen LogP contribution is -2.47. The van der Waals surface area contributed by atoms with Crippen LogP contribution in [0.15, 0.2) is 30.5 Å². The number of carbonyl (C=O) groups excluding carboxylic acids is 1. The monoisotopic (exact) mass is 328 g/mol. The molecule has 3 rings (SSSR count). The molecule has 0 saturated carbocycles. The van der Waals surface area contributed by atoms with Gasteiger partial charge in [-0.05, 0) is 43.0 Å². The Kier molecular flexibility index (Phi) is 4.71. The van der Waals surface area contributed by atoms with Crippen molar-refractivity contribution < 1.29 is 14.6 Å². The molecule has 2 aromatic rings. The molecule has 3 atom stereocenters. The molecule has 2 heterocycles. The molecular weight excluding hydrogens is 304 g/mol. The molecule has 1 aromatic heterocycles. The first kappa shape index (κ1) is 16.7. The third kappa shape index (κ3) is 3.08. The Balaban J connectivity index is 1.98. The lowest BCUT2D eigenvalue weighted by atomic mass is 9.88. The van der Waals surface area contributed by atoms with E-state index in [1.54, 1.807) is 19.2 Å². The summed E-state index contributed by atoms with van der Waals surface area (Å²) in [6.07, 6.45) is 1.37. The number of benzene rings is 1. The van der Waals surface area contributed by atoms with E-state index in [1.807, 2.05) is 18.2 Å². The number of pyridine rings is 1. The second kappa shape index (κ2) is 6.77. The lowest BCUT2D eigenvalue weighted by Gasteiger charge is -2.40. The summed E-state index contributed by atoms with van der Waals surface area (Å²) in [5.41, 5.74) is 2.37. The van der Waals surface area contributed by atoms with Crippen LogP contribution < -0.4 is 4.90 Å². The van der Waals surface area contributed by atoms with Crippen molar-refractivity contribution in [2.75, 3.05) is 24.6 Å². The molecule has 0 amide bonds. The highest BCUT2D eigenvalue weighted by atomic mass is 16.5. The van der Waals surface area contributed by atoms with E-state index in [0.29, 0.717) is 12.2 Å². The number of carbonyl (C=O) groups is 1. The number of hydrogen-bond acceptors (Lipinski definition) is 5. The summed E-state index contributed by atoms with van der Waals surface area (Å²) in [6, 6.07) is 7.68. The Bertz CT molecular complexity index is 734. The van der Waals surface area contributed by atoms with Gasteiger partial charge in [0.2, 0.25) is 0 Å². The maximum atomic E-state index is 12.2. The highest BCUT2D eigenvalue weighted by Gasteiger charge is 2.30. The van der Waals surface area contributed by atoms with Gasteiger partial charge in [0.15, 0.2) is 0 Å². The average molecular weight is 328 g/mol. The molecule has 1 fully saturated rings. The van der Waals surface area contributed by atoms with E-state index in [2.05, 4.69) is 23.7 Å². The first-order valence-electron chi connectivity index (χ1n) is 8.50. The van der Waals surface area contributed by atoms with Crippen LogP contribution in [-0.2, 0) is 4.74 Å². The molecule has 0 aliphatic carbocycles. The third-order valence-electron chi connectivity index (χ3n) is 4.77. The molecule has 1 aliphatic heterocycles. The molecule has 128 valence electrons. The van der Waals surface area contributed by atoms with E-state index in [1.165, 1.54) is 0 Å². The second-order valence-corrected chi connectivity index (χ2v) is 6.63. The van der Waals surface area contributed by atoms with E-state index < -0.39 is 0 Å². The van der Waals surface area contributed by atoms with E-state index >= 15 is 0 Å². The van der Waals surface area contributed by atoms with Crippen LogP contribution in [0, 0.1) is 11.8 Å². The fourth-order valence-corrected chi connectivity index (χ4v) is 3.48. The number of piperidine rings is 1. The summed E-state index contributed by atoms with van der Waals surface area (Å²) in [6.45, 7) is 7.88. The highest BCUT2D eigenvalue weighted by molar-refractivity contribution is 6.04. The minimum atomic E-state index is -0.321. The van der Waals surface area contributed by atoms with Gasteiger partial charge in [-0.1, -0.05) is 13.8 Å². The molecule has 1 aromatic carbocycles. The van der Waals surface area contributed by atoms with E-state index in [4.69, 9.17) is 4.74 Å². The fourth-order valence-electron chi connectivity index (χ4n) is 3.48.